The van der Waals surface area contributed by atoms with Crippen molar-refractivity contribution in [3.63, 3.8) is 0 Å². The molecular weight excluding hydrogens is 464 g/mol. The zero-order valence-corrected chi connectivity index (χ0v) is 17.8. The summed E-state index contributed by atoms with van der Waals surface area (Å²) in [4.78, 5) is 2.78. The van der Waals surface area contributed by atoms with E-state index in [1.807, 2.05) is 22.7 Å². The molecular formula is C20H12Br2S2. The van der Waals surface area contributed by atoms with Crippen LogP contribution in [0.5, 0.6) is 0 Å². The smallest absolute Gasteiger partial charge is 0.0711 e. The molecule has 118 valence electrons. The van der Waals surface area contributed by atoms with E-state index in [0.717, 1.165) is 0 Å². The van der Waals surface area contributed by atoms with Crippen molar-refractivity contribution in [1.29, 1.82) is 0 Å². The van der Waals surface area contributed by atoms with Gasteiger partial charge in [-0.25, -0.2) is 0 Å². The van der Waals surface area contributed by atoms with E-state index in [1.165, 1.54) is 61.9 Å². The zero-order valence-electron chi connectivity index (χ0n) is 13.0. The van der Waals surface area contributed by atoms with Gasteiger partial charge in [0.15, 0.2) is 0 Å². The van der Waals surface area contributed by atoms with Crippen molar-refractivity contribution in [2.45, 2.75) is 13.8 Å². The number of fused-ring (bicyclic) bond motifs is 6. The third-order valence-corrected chi connectivity index (χ3v) is 8.13. The van der Waals surface area contributed by atoms with Crippen molar-refractivity contribution >= 4 is 65.7 Å². The molecule has 2 heterocycles. The number of benzene rings is 1. The summed E-state index contributed by atoms with van der Waals surface area (Å²) < 4.78 is 2.40. The van der Waals surface area contributed by atoms with Crippen molar-refractivity contribution in [2.75, 3.05) is 0 Å². The van der Waals surface area contributed by atoms with Gasteiger partial charge in [-0.1, -0.05) is 12.2 Å². The Kier molecular flexibility index (Phi) is 3.37. The zero-order chi connectivity index (χ0) is 16.6. The fraction of sp³-hybridized carbons (Fsp3) is 0.100. The third kappa shape index (κ3) is 1.88. The molecule has 4 heteroatoms. The average molecular weight is 476 g/mol. The van der Waals surface area contributed by atoms with Crippen LogP contribution in [0.25, 0.3) is 32.0 Å². The highest BCUT2D eigenvalue weighted by molar-refractivity contribution is 9.11. The number of thiophene rings is 2. The van der Waals surface area contributed by atoms with Gasteiger partial charge in [0.1, 0.15) is 0 Å². The molecule has 0 amide bonds. The molecule has 0 saturated heterocycles. The molecule has 0 atom stereocenters. The number of hydrogen-bond acceptors (Lipinski definition) is 2. The molecule has 0 fully saturated rings. The summed E-state index contributed by atoms with van der Waals surface area (Å²) in [6.45, 7) is 4.27. The molecule has 0 saturated carbocycles. The number of rotatable bonds is 0. The molecule has 0 nitrogen and oxygen atoms in total. The van der Waals surface area contributed by atoms with Crippen molar-refractivity contribution in [1.82, 2.24) is 0 Å². The van der Waals surface area contributed by atoms with Gasteiger partial charge >= 0.3 is 0 Å². The lowest BCUT2D eigenvalue weighted by molar-refractivity contribution is 1.60. The van der Waals surface area contributed by atoms with E-state index >= 15 is 0 Å². The van der Waals surface area contributed by atoms with Crippen LogP contribution in [-0.4, -0.2) is 0 Å². The molecule has 0 N–H and O–H groups in total. The van der Waals surface area contributed by atoms with Gasteiger partial charge in [-0.15, -0.1) is 22.7 Å². The lowest BCUT2D eigenvalue weighted by atomic mass is 9.97. The number of hydrogen-bond donors (Lipinski definition) is 0. The second-order valence-electron chi connectivity index (χ2n) is 5.93. The van der Waals surface area contributed by atoms with Gasteiger partial charge in [0, 0.05) is 32.0 Å². The summed E-state index contributed by atoms with van der Waals surface area (Å²) in [5.41, 5.74) is 10.9. The molecule has 1 aromatic carbocycles. The molecule has 24 heavy (non-hydrogen) atoms. The van der Waals surface area contributed by atoms with Crippen LogP contribution in [0.4, 0.5) is 0 Å². The van der Waals surface area contributed by atoms with Crippen LogP contribution in [0.2, 0.25) is 0 Å². The topological polar surface area (TPSA) is 0 Å². The van der Waals surface area contributed by atoms with Crippen molar-refractivity contribution in [3.8, 4) is 20.9 Å². The van der Waals surface area contributed by atoms with E-state index in [0.29, 0.717) is 0 Å². The van der Waals surface area contributed by atoms with Gasteiger partial charge in [0.05, 0.1) is 7.57 Å². The molecule has 0 spiro atoms. The third-order valence-electron chi connectivity index (χ3n) is 4.79. The SMILES string of the molecule is C/C=C1/c2cc3c(cc2-c2sc(Br)cc21)/C(=C\C)c1cc(Br)sc1-3. The number of halogens is 2. The minimum Gasteiger partial charge on any atom is -0.128 e. The first-order chi connectivity index (χ1) is 11.6. The molecule has 0 aliphatic heterocycles. The van der Waals surface area contributed by atoms with Crippen LogP contribution in [0.15, 0.2) is 44.0 Å². The monoisotopic (exact) mass is 474 g/mol. The maximum absolute atomic E-state index is 3.66. The van der Waals surface area contributed by atoms with Crippen molar-refractivity contribution in [2.24, 2.45) is 0 Å². The Labute approximate surface area is 165 Å². The summed E-state index contributed by atoms with van der Waals surface area (Å²) in [5, 5.41) is 0. The Morgan fingerprint density at radius 1 is 0.625 bits per heavy atom. The molecule has 2 aromatic heterocycles. The maximum Gasteiger partial charge on any atom is 0.0711 e. The summed E-state index contributed by atoms with van der Waals surface area (Å²) in [5.74, 6) is 0. The molecule has 0 radical (unpaired) electrons. The fourth-order valence-corrected chi connectivity index (χ4v) is 7.14. The molecule has 3 aromatic rings. The van der Waals surface area contributed by atoms with Crippen LogP contribution >= 0.6 is 54.5 Å². The normalized spacial score (nSPS) is 17.3. The van der Waals surface area contributed by atoms with Gasteiger partial charge < -0.3 is 0 Å². The highest BCUT2D eigenvalue weighted by atomic mass is 79.9. The summed E-state index contributed by atoms with van der Waals surface area (Å²) in [6.07, 6.45) is 4.49. The first-order valence-electron chi connectivity index (χ1n) is 7.74. The van der Waals surface area contributed by atoms with Gasteiger partial charge in [-0.3, -0.25) is 0 Å². The van der Waals surface area contributed by atoms with Gasteiger partial charge in [0.25, 0.3) is 0 Å². The Hall–Kier alpha value is -0.940. The highest BCUT2D eigenvalue weighted by Gasteiger charge is 2.32. The Morgan fingerprint density at radius 2 is 1.04 bits per heavy atom. The standard InChI is InChI=1S/C20H12Br2S2/c1-3-9-11-5-14-12(6-13(11)19-15(9)7-17(21)23-19)10(4-2)16-8-18(22)24-20(14)16/h3-8H,1-2H3/b9-3-,10-4+. The molecule has 2 aliphatic rings. The first kappa shape index (κ1) is 15.3. The number of allylic oxidation sites excluding steroid dienone is 2. The summed E-state index contributed by atoms with van der Waals surface area (Å²) in [7, 11) is 0. The quantitative estimate of drug-likeness (QED) is 0.211. The maximum atomic E-state index is 3.66. The fourth-order valence-electron chi connectivity index (χ4n) is 3.86. The van der Waals surface area contributed by atoms with Crippen LogP contribution in [-0.2, 0) is 0 Å². The second kappa shape index (κ2) is 5.28. The Morgan fingerprint density at radius 3 is 1.42 bits per heavy atom. The van der Waals surface area contributed by atoms with Crippen LogP contribution < -0.4 is 0 Å². The van der Waals surface area contributed by atoms with Crippen molar-refractivity contribution in [3.05, 3.63) is 66.2 Å². The van der Waals surface area contributed by atoms with E-state index in [1.54, 1.807) is 0 Å². The lowest BCUT2D eigenvalue weighted by Crippen LogP contribution is -1.86. The van der Waals surface area contributed by atoms with Crippen LogP contribution in [0.3, 0.4) is 0 Å². The molecule has 5 rings (SSSR count). The Balaban J connectivity index is 1.85. The van der Waals surface area contributed by atoms with E-state index in [9.17, 15) is 0 Å². The van der Waals surface area contributed by atoms with E-state index in [-0.39, 0.29) is 0 Å². The first-order valence-corrected chi connectivity index (χ1v) is 11.0. The summed E-state index contributed by atoms with van der Waals surface area (Å²) in [6, 6.07) is 9.31. The summed E-state index contributed by atoms with van der Waals surface area (Å²) >= 11 is 11.0. The minimum atomic E-state index is 1.20. The Bertz CT molecular complexity index is 1010. The molecule has 0 bridgehead atoms. The average Bonchev–Trinajstić information content (AvgIpc) is 3.24. The predicted molar refractivity (Wildman–Crippen MR) is 114 cm³/mol. The van der Waals surface area contributed by atoms with Gasteiger partial charge in [0.2, 0.25) is 0 Å². The van der Waals surface area contributed by atoms with E-state index in [4.69, 9.17) is 0 Å². The van der Waals surface area contributed by atoms with Crippen molar-refractivity contribution < 1.29 is 0 Å². The van der Waals surface area contributed by atoms with E-state index in [2.05, 4.69) is 82.1 Å². The second-order valence-corrected chi connectivity index (χ2v) is 10.8. The van der Waals surface area contributed by atoms with Gasteiger partial charge in [-0.05, 0) is 92.2 Å². The minimum absolute atomic E-state index is 1.20. The van der Waals surface area contributed by atoms with E-state index < -0.39 is 0 Å². The predicted octanol–water partition coefficient (Wildman–Crippen LogP) is 8.20. The van der Waals surface area contributed by atoms with Crippen LogP contribution in [0, 0.1) is 0 Å². The largest absolute Gasteiger partial charge is 0.128 e. The van der Waals surface area contributed by atoms with Crippen LogP contribution in [0.1, 0.15) is 36.1 Å². The molecule has 2 aliphatic carbocycles. The highest BCUT2D eigenvalue weighted by Crippen LogP contribution is 2.56. The molecule has 0 unspecified atom stereocenters. The lowest BCUT2D eigenvalue weighted by Gasteiger charge is -2.08. The van der Waals surface area contributed by atoms with Gasteiger partial charge in [-0.2, -0.15) is 0 Å².